The van der Waals surface area contributed by atoms with Gasteiger partial charge in [-0.3, -0.25) is 14.5 Å². The predicted molar refractivity (Wildman–Crippen MR) is 109 cm³/mol. The number of anilines is 1. The van der Waals surface area contributed by atoms with Gasteiger partial charge >= 0.3 is 0 Å². The number of ether oxygens (including phenoxy) is 1. The van der Waals surface area contributed by atoms with E-state index in [1.54, 1.807) is 6.07 Å². The van der Waals surface area contributed by atoms with E-state index in [1.165, 1.54) is 6.08 Å². The fourth-order valence-electron chi connectivity index (χ4n) is 3.12. The Morgan fingerprint density at radius 1 is 1.25 bits per heavy atom. The molecule has 0 bridgehead atoms. The van der Waals surface area contributed by atoms with Crippen molar-refractivity contribution in [2.24, 2.45) is 0 Å². The zero-order valence-electron chi connectivity index (χ0n) is 16.1. The van der Waals surface area contributed by atoms with Gasteiger partial charge in [-0.15, -0.1) is 0 Å². The molecule has 1 aromatic carbocycles. The van der Waals surface area contributed by atoms with Gasteiger partial charge in [0, 0.05) is 37.3 Å². The number of morpholine rings is 1. The van der Waals surface area contributed by atoms with E-state index in [-0.39, 0.29) is 11.7 Å². The summed E-state index contributed by atoms with van der Waals surface area (Å²) in [6.45, 7) is 9.25. The Morgan fingerprint density at radius 2 is 2.04 bits per heavy atom. The number of pyridine rings is 1. The summed E-state index contributed by atoms with van der Waals surface area (Å²) in [4.78, 5) is 30.8. The first kappa shape index (κ1) is 19.9. The van der Waals surface area contributed by atoms with Crippen LogP contribution in [0.15, 0.2) is 49.1 Å². The molecule has 0 radical (unpaired) electrons. The molecular formula is C22H25N3O3. The molecule has 1 aliphatic rings. The summed E-state index contributed by atoms with van der Waals surface area (Å²) in [6.07, 6.45) is 1.63. The van der Waals surface area contributed by atoms with Crippen LogP contribution in [-0.2, 0) is 16.1 Å². The van der Waals surface area contributed by atoms with Crippen LogP contribution in [0, 0.1) is 0 Å². The molecule has 1 N–H and O–H groups in total. The number of ketones is 1. The molecule has 2 heterocycles. The maximum absolute atomic E-state index is 12.3. The summed E-state index contributed by atoms with van der Waals surface area (Å²) in [7, 11) is 0. The van der Waals surface area contributed by atoms with E-state index in [4.69, 9.17) is 4.74 Å². The van der Waals surface area contributed by atoms with Gasteiger partial charge in [-0.05, 0) is 35.9 Å². The number of hydrogen-bond acceptors (Lipinski definition) is 5. The van der Waals surface area contributed by atoms with E-state index >= 15 is 0 Å². The highest BCUT2D eigenvalue weighted by molar-refractivity contribution is 5.99. The average Bonchev–Trinajstić information content (AvgIpc) is 2.73. The van der Waals surface area contributed by atoms with Crippen LogP contribution in [-0.4, -0.2) is 47.9 Å². The third-order valence-corrected chi connectivity index (χ3v) is 4.61. The third kappa shape index (κ3) is 5.12. The summed E-state index contributed by atoms with van der Waals surface area (Å²) in [5.74, 6) is -0.255. The molecule has 3 rings (SSSR count). The Morgan fingerprint density at radius 3 is 2.75 bits per heavy atom. The lowest BCUT2D eigenvalue weighted by atomic mass is 10.0. The van der Waals surface area contributed by atoms with Crippen molar-refractivity contribution in [2.45, 2.75) is 19.9 Å². The van der Waals surface area contributed by atoms with Crippen molar-refractivity contribution in [1.82, 2.24) is 9.88 Å². The van der Waals surface area contributed by atoms with E-state index in [1.807, 2.05) is 37.3 Å². The monoisotopic (exact) mass is 379 g/mol. The van der Waals surface area contributed by atoms with Crippen LogP contribution in [0.2, 0.25) is 0 Å². The first-order chi connectivity index (χ1) is 13.6. The number of amides is 1. The highest BCUT2D eigenvalue weighted by atomic mass is 16.5. The minimum atomic E-state index is -0.270. The number of carbonyl (C=O) groups is 2. The average molecular weight is 379 g/mol. The highest BCUT2D eigenvalue weighted by Crippen LogP contribution is 2.24. The van der Waals surface area contributed by atoms with Crippen molar-refractivity contribution in [3.8, 4) is 11.3 Å². The zero-order valence-corrected chi connectivity index (χ0v) is 16.1. The minimum Gasteiger partial charge on any atom is -0.379 e. The molecule has 6 nitrogen and oxygen atoms in total. The van der Waals surface area contributed by atoms with E-state index < -0.39 is 0 Å². The highest BCUT2D eigenvalue weighted by Gasteiger charge is 2.15. The molecule has 6 heteroatoms. The fourth-order valence-corrected chi connectivity index (χ4v) is 3.12. The molecule has 0 spiro atoms. The lowest BCUT2D eigenvalue weighted by molar-refractivity contribution is -0.111. The normalized spacial score (nSPS) is 14.5. The Labute approximate surface area is 165 Å². The quantitative estimate of drug-likeness (QED) is 0.590. The predicted octanol–water partition coefficient (Wildman–Crippen LogP) is 3.30. The van der Waals surface area contributed by atoms with Crippen molar-refractivity contribution in [2.75, 3.05) is 31.6 Å². The van der Waals surface area contributed by atoms with Crippen molar-refractivity contribution >= 4 is 17.4 Å². The number of Topliss-reactive ketones (excluding diaryl/α,β-unsaturated/α-hetero) is 1. The van der Waals surface area contributed by atoms with E-state index in [2.05, 4.69) is 21.8 Å². The number of carbonyl (C=O) groups excluding carboxylic acids is 2. The number of nitrogens with zero attached hydrogens (tertiary/aromatic N) is 2. The summed E-state index contributed by atoms with van der Waals surface area (Å²) < 4.78 is 5.41. The molecule has 0 unspecified atom stereocenters. The van der Waals surface area contributed by atoms with Crippen LogP contribution < -0.4 is 5.32 Å². The van der Waals surface area contributed by atoms with Crippen LogP contribution in [0.4, 0.5) is 5.69 Å². The number of aromatic nitrogens is 1. The smallest absolute Gasteiger partial charge is 0.247 e. The summed E-state index contributed by atoms with van der Waals surface area (Å²) in [6, 6.07) is 11.3. The van der Waals surface area contributed by atoms with Gasteiger partial charge in [-0.1, -0.05) is 25.6 Å². The van der Waals surface area contributed by atoms with Crippen LogP contribution >= 0.6 is 0 Å². The standard InChI is InChI=1S/C22H25N3O3/c1-3-21(26)20-13-16(15-25-8-10-28-11-9-25)12-19(24-20)17-6-5-7-18(14-17)23-22(27)4-2/h4-7,12-14H,2-3,8-11,15H2,1H3,(H,23,27). The molecule has 2 aromatic rings. The molecule has 146 valence electrons. The van der Waals surface area contributed by atoms with Gasteiger partial charge in [0.25, 0.3) is 0 Å². The largest absolute Gasteiger partial charge is 0.379 e. The van der Waals surface area contributed by atoms with Gasteiger partial charge < -0.3 is 10.1 Å². The minimum absolute atomic E-state index is 0.0150. The Balaban J connectivity index is 1.93. The number of nitrogens with one attached hydrogen (secondary N) is 1. The second-order valence-electron chi connectivity index (χ2n) is 6.69. The van der Waals surface area contributed by atoms with Crippen molar-refractivity contribution in [1.29, 1.82) is 0 Å². The van der Waals surface area contributed by atoms with E-state index in [9.17, 15) is 9.59 Å². The van der Waals surface area contributed by atoms with Gasteiger partial charge in [0.05, 0.1) is 18.9 Å². The Bertz CT molecular complexity index is 873. The first-order valence-electron chi connectivity index (χ1n) is 9.47. The maximum Gasteiger partial charge on any atom is 0.247 e. The topological polar surface area (TPSA) is 71.5 Å². The van der Waals surface area contributed by atoms with Crippen LogP contribution in [0.25, 0.3) is 11.3 Å². The third-order valence-electron chi connectivity index (χ3n) is 4.61. The van der Waals surface area contributed by atoms with Gasteiger partial charge in [-0.2, -0.15) is 0 Å². The first-order valence-corrected chi connectivity index (χ1v) is 9.47. The molecule has 0 aliphatic carbocycles. The van der Waals surface area contributed by atoms with Gasteiger partial charge in [0.1, 0.15) is 5.69 Å². The fraction of sp³-hybridized carbons (Fsp3) is 0.318. The molecule has 28 heavy (non-hydrogen) atoms. The summed E-state index contributed by atoms with van der Waals surface area (Å²) in [5.41, 5.74) is 3.74. The zero-order chi connectivity index (χ0) is 19.9. The van der Waals surface area contributed by atoms with E-state index in [0.717, 1.165) is 49.7 Å². The van der Waals surface area contributed by atoms with Gasteiger partial charge in [0.15, 0.2) is 5.78 Å². The molecule has 1 amide bonds. The number of hydrogen-bond donors (Lipinski definition) is 1. The molecule has 1 saturated heterocycles. The molecule has 1 aliphatic heterocycles. The number of rotatable bonds is 7. The van der Waals surface area contributed by atoms with Crippen molar-refractivity contribution in [3.63, 3.8) is 0 Å². The van der Waals surface area contributed by atoms with Crippen LogP contribution in [0.5, 0.6) is 0 Å². The Hall–Kier alpha value is -2.83. The second-order valence-corrected chi connectivity index (χ2v) is 6.69. The number of benzene rings is 1. The summed E-state index contributed by atoms with van der Waals surface area (Å²) in [5, 5.41) is 2.76. The van der Waals surface area contributed by atoms with Crippen LogP contribution in [0.1, 0.15) is 29.4 Å². The van der Waals surface area contributed by atoms with Crippen molar-refractivity contribution < 1.29 is 14.3 Å². The molecule has 1 aromatic heterocycles. The SMILES string of the molecule is C=CC(=O)Nc1cccc(-c2cc(CN3CCOCC3)cc(C(=O)CC)n2)c1. The Kier molecular flexibility index (Phi) is 6.68. The molecule has 1 fully saturated rings. The van der Waals surface area contributed by atoms with Gasteiger partial charge in [0.2, 0.25) is 5.91 Å². The maximum atomic E-state index is 12.3. The second kappa shape index (κ2) is 9.39. The van der Waals surface area contributed by atoms with Gasteiger partial charge in [-0.25, -0.2) is 4.98 Å². The lowest BCUT2D eigenvalue weighted by Crippen LogP contribution is -2.35. The van der Waals surface area contributed by atoms with E-state index in [0.29, 0.717) is 17.8 Å². The molecule has 0 atom stereocenters. The lowest BCUT2D eigenvalue weighted by Gasteiger charge is -2.26. The van der Waals surface area contributed by atoms with Crippen molar-refractivity contribution in [3.05, 3.63) is 60.3 Å². The molecular weight excluding hydrogens is 354 g/mol. The molecule has 0 saturated carbocycles. The van der Waals surface area contributed by atoms with Crippen LogP contribution in [0.3, 0.4) is 0 Å². The summed E-state index contributed by atoms with van der Waals surface area (Å²) >= 11 is 0.